The van der Waals surface area contributed by atoms with Crippen molar-refractivity contribution in [3.8, 4) is 0 Å². The number of unbranched alkanes of at least 4 members (excludes halogenated alkanes) is 1. The molecule has 0 spiro atoms. The Hall–Kier alpha value is -0.280. The van der Waals surface area contributed by atoms with E-state index in [9.17, 15) is 4.79 Å². The fourth-order valence-electron chi connectivity index (χ4n) is 1.89. The van der Waals surface area contributed by atoms with Gasteiger partial charge in [-0.25, -0.2) is 0 Å². The normalized spacial score (nSPS) is 15.4. The van der Waals surface area contributed by atoms with Crippen molar-refractivity contribution in [3.63, 3.8) is 0 Å². The molecule has 0 fully saturated rings. The van der Waals surface area contributed by atoms with Crippen LogP contribution in [0.25, 0.3) is 0 Å². The van der Waals surface area contributed by atoms with Crippen LogP contribution in [0.5, 0.6) is 0 Å². The Labute approximate surface area is 119 Å². The van der Waals surface area contributed by atoms with Crippen LogP contribution in [-0.2, 0) is 4.79 Å². The highest BCUT2D eigenvalue weighted by Crippen LogP contribution is 2.14. The lowest BCUT2D eigenvalue weighted by Gasteiger charge is -2.20. The molecule has 0 bridgehead atoms. The van der Waals surface area contributed by atoms with Gasteiger partial charge in [0.2, 0.25) is 5.91 Å². The van der Waals surface area contributed by atoms with Crippen molar-refractivity contribution in [2.75, 3.05) is 6.54 Å². The average molecular weight is 279 g/mol. The Morgan fingerprint density at radius 2 is 1.78 bits per heavy atom. The minimum Gasteiger partial charge on any atom is -0.356 e. The molecule has 4 heteroatoms. The topological polar surface area (TPSA) is 55.1 Å². The van der Waals surface area contributed by atoms with Gasteiger partial charge in [0.1, 0.15) is 0 Å². The van der Waals surface area contributed by atoms with Gasteiger partial charge in [-0.3, -0.25) is 4.79 Å². The summed E-state index contributed by atoms with van der Waals surface area (Å²) in [6.07, 6.45) is 6.09. The van der Waals surface area contributed by atoms with E-state index in [1.165, 1.54) is 32.1 Å². The number of rotatable bonds is 9. The maximum absolute atomic E-state index is 11.8. The molecule has 0 aromatic heterocycles. The van der Waals surface area contributed by atoms with Crippen molar-refractivity contribution in [1.82, 2.24) is 5.32 Å². The molecule has 0 rings (SSSR count). The van der Waals surface area contributed by atoms with E-state index in [0.717, 1.165) is 6.54 Å². The number of hydrogen-bond acceptors (Lipinski definition) is 2. The molecular formula is C14H31ClN2O. The van der Waals surface area contributed by atoms with Gasteiger partial charge in [0.15, 0.2) is 0 Å². The second-order valence-electron chi connectivity index (χ2n) is 5.19. The summed E-state index contributed by atoms with van der Waals surface area (Å²) in [7, 11) is 0. The summed E-state index contributed by atoms with van der Waals surface area (Å²) in [5.74, 6) is 0.630. The van der Waals surface area contributed by atoms with Crippen LogP contribution in [0.15, 0.2) is 0 Å². The molecule has 0 aliphatic rings. The molecule has 3 N–H and O–H groups in total. The Morgan fingerprint density at radius 1 is 1.17 bits per heavy atom. The summed E-state index contributed by atoms with van der Waals surface area (Å²) in [6.45, 7) is 8.99. The number of hydrogen-bond donors (Lipinski definition) is 2. The van der Waals surface area contributed by atoms with E-state index in [4.69, 9.17) is 5.73 Å². The molecule has 1 amide bonds. The lowest BCUT2D eigenvalue weighted by Crippen LogP contribution is -2.40. The summed E-state index contributed by atoms with van der Waals surface area (Å²) >= 11 is 0. The molecule has 3 atom stereocenters. The highest BCUT2D eigenvalue weighted by Gasteiger charge is 2.17. The van der Waals surface area contributed by atoms with Crippen LogP contribution in [0.4, 0.5) is 0 Å². The molecule has 3 unspecified atom stereocenters. The number of carbonyl (C=O) groups excluding carboxylic acids is 1. The minimum atomic E-state index is -0.0940. The molecule has 0 aromatic rings. The van der Waals surface area contributed by atoms with E-state index < -0.39 is 0 Å². The first kappa shape index (κ1) is 20.0. The second-order valence-corrected chi connectivity index (χ2v) is 5.19. The maximum atomic E-state index is 11.8. The van der Waals surface area contributed by atoms with Crippen LogP contribution in [0.2, 0.25) is 0 Å². The maximum Gasteiger partial charge on any atom is 0.224 e. The highest BCUT2D eigenvalue weighted by atomic mass is 35.5. The third-order valence-corrected chi connectivity index (χ3v) is 3.43. The van der Waals surface area contributed by atoms with Gasteiger partial charge >= 0.3 is 0 Å². The summed E-state index contributed by atoms with van der Waals surface area (Å²) in [6, 6.07) is -0.0738. The largest absolute Gasteiger partial charge is 0.356 e. The third kappa shape index (κ3) is 8.76. The van der Waals surface area contributed by atoms with E-state index in [1.54, 1.807) is 0 Å². The SMILES string of the molecule is CCCCC(CCC)CNC(=O)C(C)C(C)N.Cl. The second kappa shape index (κ2) is 11.8. The first-order chi connectivity index (χ1) is 8.02. The number of carbonyl (C=O) groups is 1. The molecule has 3 nitrogen and oxygen atoms in total. The zero-order valence-corrected chi connectivity index (χ0v) is 13.2. The zero-order chi connectivity index (χ0) is 13.3. The van der Waals surface area contributed by atoms with E-state index in [0.29, 0.717) is 5.92 Å². The van der Waals surface area contributed by atoms with E-state index in [-0.39, 0.29) is 30.3 Å². The summed E-state index contributed by atoms with van der Waals surface area (Å²) in [4.78, 5) is 11.8. The Kier molecular flexibility index (Phi) is 13.1. The molecule has 18 heavy (non-hydrogen) atoms. The van der Waals surface area contributed by atoms with Gasteiger partial charge < -0.3 is 11.1 Å². The van der Waals surface area contributed by atoms with E-state index in [1.807, 2.05) is 13.8 Å². The smallest absolute Gasteiger partial charge is 0.224 e. The predicted molar refractivity (Wildman–Crippen MR) is 81.0 cm³/mol. The van der Waals surface area contributed by atoms with Crippen LogP contribution in [-0.4, -0.2) is 18.5 Å². The van der Waals surface area contributed by atoms with Crippen LogP contribution in [0.1, 0.15) is 59.8 Å². The molecular weight excluding hydrogens is 248 g/mol. The third-order valence-electron chi connectivity index (χ3n) is 3.43. The number of nitrogens with two attached hydrogens (primary N) is 1. The standard InChI is InChI=1S/C14H30N2O.ClH/c1-5-7-9-13(8-6-2)10-16-14(17)11(3)12(4)15;/h11-13H,5-10,15H2,1-4H3,(H,16,17);1H. The van der Waals surface area contributed by atoms with Crippen LogP contribution < -0.4 is 11.1 Å². The lowest BCUT2D eigenvalue weighted by atomic mass is 9.96. The molecule has 110 valence electrons. The fraction of sp³-hybridized carbons (Fsp3) is 0.929. The molecule has 0 radical (unpaired) electrons. The first-order valence-electron chi connectivity index (χ1n) is 7.06. The first-order valence-corrected chi connectivity index (χ1v) is 7.06. The summed E-state index contributed by atoms with van der Waals surface area (Å²) in [5.41, 5.74) is 5.72. The van der Waals surface area contributed by atoms with Gasteiger partial charge in [-0.1, -0.05) is 40.0 Å². The van der Waals surface area contributed by atoms with Crippen LogP contribution in [0, 0.1) is 11.8 Å². The van der Waals surface area contributed by atoms with Crippen molar-refractivity contribution in [2.24, 2.45) is 17.6 Å². The summed E-state index contributed by atoms with van der Waals surface area (Å²) in [5, 5.41) is 3.04. The molecule has 0 heterocycles. The van der Waals surface area contributed by atoms with Crippen molar-refractivity contribution in [2.45, 2.75) is 65.8 Å². The van der Waals surface area contributed by atoms with Crippen LogP contribution in [0.3, 0.4) is 0 Å². The fourth-order valence-corrected chi connectivity index (χ4v) is 1.89. The number of nitrogens with one attached hydrogen (secondary N) is 1. The Bertz CT molecular complexity index is 210. The molecule has 0 saturated carbocycles. The minimum absolute atomic E-state index is 0. The van der Waals surface area contributed by atoms with Crippen molar-refractivity contribution < 1.29 is 4.79 Å². The molecule has 0 aromatic carbocycles. The predicted octanol–water partition coefficient (Wildman–Crippen LogP) is 3.11. The van der Waals surface area contributed by atoms with Crippen LogP contribution >= 0.6 is 12.4 Å². The van der Waals surface area contributed by atoms with Gasteiger partial charge in [0.25, 0.3) is 0 Å². The van der Waals surface area contributed by atoms with Crippen molar-refractivity contribution in [3.05, 3.63) is 0 Å². The summed E-state index contributed by atoms with van der Waals surface area (Å²) < 4.78 is 0. The monoisotopic (exact) mass is 278 g/mol. The number of halogens is 1. The molecule has 0 aliphatic heterocycles. The van der Waals surface area contributed by atoms with Crippen molar-refractivity contribution in [1.29, 1.82) is 0 Å². The molecule has 0 aliphatic carbocycles. The van der Waals surface area contributed by atoms with Crippen molar-refractivity contribution >= 4 is 18.3 Å². The van der Waals surface area contributed by atoms with Gasteiger partial charge in [0, 0.05) is 18.5 Å². The number of amides is 1. The Balaban J connectivity index is 0. The van der Waals surface area contributed by atoms with E-state index >= 15 is 0 Å². The van der Waals surface area contributed by atoms with Gasteiger partial charge in [-0.05, 0) is 25.7 Å². The van der Waals surface area contributed by atoms with Gasteiger partial charge in [-0.15, -0.1) is 12.4 Å². The van der Waals surface area contributed by atoms with E-state index in [2.05, 4.69) is 19.2 Å². The zero-order valence-electron chi connectivity index (χ0n) is 12.4. The Morgan fingerprint density at radius 3 is 2.22 bits per heavy atom. The lowest BCUT2D eigenvalue weighted by molar-refractivity contribution is -0.125. The highest BCUT2D eigenvalue weighted by molar-refractivity contribution is 5.85. The van der Waals surface area contributed by atoms with Gasteiger partial charge in [0.05, 0.1) is 0 Å². The van der Waals surface area contributed by atoms with Gasteiger partial charge in [-0.2, -0.15) is 0 Å². The average Bonchev–Trinajstić information content (AvgIpc) is 2.31. The molecule has 0 saturated heterocycles. The quantitative estimate of drug-likeness (QED) is 0.681.